The summed E-state index contributed by atoms with van der Waals surface area (Å²) in [5.74, 6) is -0.454. The molecule has 176 valence electrons. The second-order valence-corrected chi connectivity index (χ2v) is 9.80. The average Bonchev–Trinajstić information content (AvgIpc) is 3.09. The Kier molecular flexibility index (Phi) is 7.10. The molecule has 1 aliphatic heterocycles. The van der Waals surface area contributed by atoms with Crippen molar-refractivity contribution in [3.8, 4) is 11.3 Å². The Bertz CT molecular complexity index is 1060. The Labute approximate surface area is 196 Å². The summed E-state index contributed by atoms with van der Waals surface area (Å²) in [6.45, 7) is 15.4. The second kappa shape index (κ2) is 9.49. The average molecular weight is 450 g/mol. The number of rotatable bonds is 6. The third kappa shape index (κ3) is 5.02. The van der Waals surface area contributed by atoms with Gasteiger partial charge in [0.25, 0.3) is 0 Å². The van der Waals surface area contributed by atoms with E-state index in [-0.39, 0.29) is 11.8 Å². The van der Waals surface area contributed by atoms with Gasteiger partial charge in [-0.25, -0.2) is 9.48 Å². The van der Waals surface area contributed by atoms with E-state index in [1.165, 1.54) is 5.06 Å². The fourth-order valence-corrected chi connectivity index (χ4v) is 4.77. The first-order valence-corrected chi connectivity index (χ1v) is 11.3. The Morgan fingerprint density at radius 2 is 1.79 bits per heavy atom. The Morgan fingerprint density at radius 3 is 2.33 bits per heavy atom. The summed E-state index contributed by atoms with van der Waals surface area (Å²) in [5, 5.41) is 16.6. The molecule has 0 amide bonds. The summed E-state index contributed by atoms with van der Waals surface area (Å²) in [6, 6.07) is 9.88. The van der Waals surface area contributed by atoms with Gasteiger partial charge in [-0.15, -0.1) is 0 Å². The number of esters is 1. The van der Waals surface area contributed by atoms with Crippen molar-refractivity contribution in [1.82, 2.24) is 14.8 Å². The highest BCUT2D eigenvalue weighted by Crippen LogP contribution is 2.38. The van der Waals surface area contributed by atoms with Gasteiger partial charge < -0.3 is 9.94 Å². The largest absolute Gasteiger partial charge is 0.457 e. The summed E-state index contributed by atoms with van der Waals surface area (Å²) in [4.78, 5) is 13.3. The number of ether oxygens (including phenoxy) is 1. The fraction of sp³-hybridized carbons (Fsp3) is 0.407. The third-order valence-electron chi connectivity index (χ3n) is 6.11. The van der Waals surface area contributed by atoms with Crippen molar-refractivity contribution in [2.24, 2.45) is 0 Å². The molecule has 1 aliphatic rings. The minimum atomic E-state index is -0.512. The van der Waals surface area contributed by atoms with Crippen molar-refractivity contribution < 1.29 is 14.7 Å². The van der Waals surface area contributed by atoms with E-state index in [1.54, 1.807) is 10.8 Å². The van der Waals surface area contributed by atoms with Crippen LogP contribution in [0.2, 0.25) is 0 Å². The van der Waals surface area contributed by atoms with Crippen molar-refractivity contribution in [3.05, 3.63) is 72.5 Å². The van der Waals surface area contributed by atoms with E-state index in [0.717, 1.165) is 22.5 Å². The topological polar surface area (TPSA) is 67.6 Å². The van der Waals surface area contributed by atoms with Gasteiger partial charge >= 0.3 is 5.97 Å². The van der Waals surface area contributed by atoms with Crippen molar-refractivity contribution in [3.63, 3.8) is 0 Å². The highest BCUT2D eigenvalue weighted by molar-refractivity contribution is 5.92. The molecule has 0 saturated carbocycles. The van der Waals surface area contributed by atoms with Crippen LogP contribution in [0.25, 0.3) is 17.0 Å². The number of aromatic nitrogens is 2. The van der Waals surface area contributed by atoms with Crippen molar-refractivity contribution in [2.45, 2.75) is 71.6 Å². The van der Waals surface area contributed by atoms with E-state index >= 15 is 0 Å². The van der Waals surface area contributed by atoms with E-state index in [1.807, 2.05) is 90.1 Å². The number of hydrogen-bond donors (Lipinski definition) is 1. The predicted molar refractivity (Wildman–Crippen MR) is 132 cm³/mol. The maximum absolute atomic E-state index is 13.3. The smallest absolute Gasteiger partial charge is 0.359 e. The van der Waals surface area contributed by atoms with Crippen LogP contribution in [0.4, 0.5) is 0 Å². The zero-order chi connectivity index (χ0) is 24.4. The van der Waals surface area contributed by atoms with Gasteiger partial charge in [-0.2, -0.15) is 10.2 Å². The number of carbonyl (C=O) groups excluding carboxylic acids is 1. The van der Waals surface area contributed by atoms with Crippen LogP contribution in [0, 0.1) is 6.92 Å². The lowest BCUT2D eigenvalue weighted by molar-refractivity contribution is -0.256. The lowest BCUT2D eigenvalue weighted by Gasteiger charge is -2.50. The Balaban J connectivity index is 2.02. The van der Waals surface area contributed by atoms with Crippen LogP contribution < -0.4 is 0 Å². The summed E-state index contributed by atoms with van der Waals surface area (Å²) in [7, 11) is 0. The van der Waals surface area contributed by atoms with E-state index in [0.29, 0.717) is 12.8 Å². The molecule has 1 fully saturated rings. The summed E-state index contributed by atoms with van der Waals surface area (Å²) in [6.07, 6.45) is 8.15. The highest BCUT2D eigenvalue weighted by Gasteiger charge is 2.46. The molecule has 0 aliphatic carbocycles. The van der Waals surface area contributed by atoms with Crippen LogP contribution in [0.15, 0.2) is 61.2 Å². The molecule has 3 rings (SSSR count). The number of hydroxylamine groups is 2. The molecule has 33 heavy (non-hydrogen) atoms. The van der Waals surface area contributed by atoms with Gasteiger partial charge in [-0.05, 0) is 53.7 Å². The van der Waals surface area contributed by atoms with Gasteiger partial charge in [0.1, 0.15) is 6.10 Å². The van der Waals surface area contributed by atoms with Crippen LogP contribution >= 0.6 is 0 Å². The Morgan fingerprint density at radius 1 is 1.18 bits per heavy atom. The third-order valence-corrected chi connectivity index (χ3v) is 6.11. The van der Waals surface area contributed by atoms with E-state index in [2.05, 4.69) is 6.58 Å². The first-order valence-electron chi connectivity index (χ1n) is 11.3. The van der Waals surface area contributed by atoms with Gasteiger partial charge in [0.2, 0.25) is 0 Å². The fourth-order valence-electron chi connectivity index (χ4n) is 4.77. The number of piperidine rings is 1. The molecule has 2 heterocycles. The first kappa shape index (κ1) is 24.7. The van der Waals surface area contributed by atoms with Crippen molar-refractivity contribution in [1.29, 1.82) is 0 Å². The molecule has 1 saturated heterocycles. The number of nitrogens with zero attached hydrogens (tertiary/aromatic N) is 3. The van der Waals surface area contributed by atoms with Gasteiger partial charge in [0.05, 0.1) is 11.4 Å². The molecule has 0 unspecified atom stereocenters. The molecule has 1 aromatic heterocycles. The lowest BCUT2D eigenvalue weighted by atomic mass is 9.80. The van der Waals surface area contributed by atoms with Gasteiger partial charge in [-0.3, -0.25) is 0 Å². The molecule has 1 N–H and O–H groups in total. The van der Waals surface area contributed by atoms with Crippen LogP contribution in [0.3, 0.4) is 0 Å². The van der Waals surface area contributed by atoms with Gasteiger partial charge in [-0.1, -0.05) is 49.1 Å². The van der Waals surface area contributed by atoms with Crippen LogP contribution in [-0.2, 0) is 4.74 Å². The maximum atomic E-state index is 13.3. The second-order valence-electron chi connectivity index (χ2n) is 9.80. The van der Waals surface area contributed by atoms with E-state index in [9.17, 15) is 10.0 Å². The Hall–Kier alpha value is -2.96. The molecular weight excluding hydrogens is 414 g/mol. The molecule has 0 spiro atoms. The van der Waals surface area contributed by atoms with E-state index in [4.69, 9.17) is 9.84 Å². The van der Waals surface area contributed by atoms with Gasteiger partial charge in [0, 0.05) is 35.0 Å². The normalized spacial score (nSPS) is 19.1. The SMILES string of the molecule is C=C/C=C(\C=C/C)n1nc(C(=O)OC2CC(C)(C)N(O)C(C)(C)C2)c(C)c1-c1ccccc1. The van der Waals surface area contributed by atoms with Crippen LogP contribution in [0.1, 0.15) is 63.5 Å². The molecule has 2 aromatic rings. The summed E-state index contributed by atoms with van der Waals surface area (Å²) < 4.78 is 7.74. The first-order chi connectivity index (χ1) is 15.5. The molecule has 6 nitrogen and oxygen atoms in total. The zero-order valence-corrected chi connectivity index (χ0v) is 20.5. The minimum absolute atomic E-state index is 0.287. The maximum Gasteiger partial charge on any atom is 0.359 e. The van der Waals surface area contributed by atoms with Crippen LogP contribution in [-0.4, -0.2) is 43.2 Å². The molecular formula is C27H35N3O3. The monoisotopic (exact) mass is 449 g/mol. The summed E-state index contributed by atoms with van der Waals surface area (Å²) >= 11 is 0. The molecule has 6 heteroatoms. The zero-order valence-electron chi connectivity index (χ0n) is 20.5. The van der Waals surface area contributed by atoms with Crippen LogP contribution in [0.5, 0.6) is 0 Å². The lowest BCUT2D eigenvalue weighted by Crippen LogP contribution is -2.60. The standard InChI is InChI=1S/C27H35N3O3/c1-8-13-21(14-9-2)29-24(20-15-11-10-12-16-20)19(3)23(28-29)25(31)33-22-17-26(4,5)30(32)27(6,7)18-22/h8-16,22,32H,1,17-18H2,2-7H3/b14-9-,21-13+. The molecule has 0 bridgehead atoms. The highest BCUT2D eigenvalue weighted by atomic mass is 16.5. The number of carbonyl (C=O) groups is 1. The number of hydrogen-bond acceptors (Lipinski definition) is 5. The van der Waals surface area contributed by atoms with Crippen molar-refractivity contribution in [2.75, 3.05) is 0 Å². The number of allylic oxidation sites excluding steroid dienone is 5. The molecule has 0 atom stereocenters. The summed E-state index contributed by atoms with van der Waals surface area (Å²) in [5.41, 5.74) is 2.60. The molecule has 1 aromatic carbocycles. The minimum Gasteiger partial charge on any atom is -0.457 e. The van der Waals surface area contributed by atoms with Crippen molar-refractivity contribution >= 4 is 11.7 Å². The molecule has 0 radical (unpaired) electrons. The number of benzene rings is 1. The van der Waals surface area contributed by atoms with E-state index < -0.39 is 17.0 Å². The van der Waals surface area contributed by atoms with Gasteiger partial charge in [0.15, 0.2) is 5.69 Å². The quantitative estimate of drug-likeness (QED) is 0.431. The predicted octanol–water partition coefficient (Wildman–Crippen LogP) is 6.03.